The molecule has 0 aliphatic heterocycles. The van der Waals surface area contributed by atoms with E-state index >= 15 is 0 Å². The highest BCUT2D eigenvalue weighted by Crippen LogP contribution is 2.64. The third-order valence-electron chi connectivity index (χ3n) is 6.47. The summed E-state index contributed by atoms with van der Waals surface area (Å²) < 4.78 is 0. The van der Waals surface area contributed by atoms with Crippen LogP contribution in [0.15, 0.2) is 91.0 Å². The van der Waals surface area contributed by atoms with E-state index < -0.39 is 0 Å². The van der Waals surface area contributed by atoms with E-state index in [4.69, 9.17) is 0 Å². The zero-order valence-corrected chi connectivity index (χ0v) is 32.1. The Bertz CT molecular complexity index is 1190. The van der Waals surface area contributed by atoms with Crippen LogP contribution in [-0.4, -0.2) is 14.1 Å². The van der Waals surface area contributed by atoms with Crippen molar-refractivity contribution in [3.63, 3.8) is 0 Å². The Kier molecular flexibility index (Phi) is 26.8. The van der Waals surface area contributed by atoms with Gasteiger partial charge in [-0.3, -0.25) is 0 Å². The van der Waals surface area contributed by atoms with Gasteiger partial charge in [0.1, 0.15) is 0 Å². The molecule has 0 heterocycles. The maximum atomic E-state index is 2.33. The van der Waals surface area contributed by atoms with Crippen LogP contribution in [0, 0.1) is 0 Å². The summed E-state index contributed by atoms with van der Waals surface area (Å²) in [6, 6.07) is 33.6. The van der Waals surface area contributed by atoms with Gasteiger partial charge in [-0.2, -0.15) is 0 Å². The summed E-state index contributed by atoms with van der Waals surface area (Å²) in [4.78, 5) is 2.26. The molecule has 0 aromatic heterocycles. The van der Waals surface area contributed by atoms with Crippen LogP contribution in [-0.2, 0) is 5.41 Å². The standard InChI is InChI=1S/C27H21N.8C2H6/c1-28(2)25-17-9-13-21-20-12-5-8-16-24(20)27(26(21)25)22-14-6-3-10-18(22)19-11-4-7-15-23(19)27;8*1-2/h3-17H,1-2H3;8*1-2H3. The molecule has 0 atom stereocenters. The van der Waals surface area contributed by atoms with E-state index in [1.807, 2.05) is 111 Å². The Labute approximate surface area is 275 Å². The van der Waals surface area contributed by atoms with Crippen molar-refractivity contribution in [2.45, 2.75) is 116 Å². The Morgan fingerprint density at radius 2 is 0.614 bits per heavy atom. The molecule has 0 saturated heterocycles. The van der Waals surface area contributed by atoms with Crippen LogP contribution < -0.4 is 4.90 Å². The summed E-state index contributed by atoms with van der Waals surface area (Å²) in [5.41, 5.74) is 12.1. The van der Waals surface area contributed by atoms with Gasteiger partial charge in [-0.05, 0) is 45.0 Å². The molecule has 0 fully saturated rings. The minimum Gasteiger partial charge on any atom is -0.377 e. The first-order chi connectivity index (χ1) is 21.7. The molecule has 4 aromatic rings. The molecule has 1 nitrogen and oxygen atoms in total. The molecule has 2 aliphatic carbocycles. The van der Waals surface area contributed by atoms with Crippen molar-refractivity contribution in [3.8, 4) is 22.3 Å². The molecular weight excluding hydrogens is 530 g/mol. The van der Waals surface area contributed by atoms with Crippen molar-refractivity contribution in [2.75, 3.05) is 19.0 Å². The molecule has 246 valence electrons. The summed E-state index contributed by atoms with van der Waals surface area (Å²) in [5, 5.41) is 0. The molecule has 4 aromatic carbocycles. The van der Waals surface area contributed by atoms with Crippen LogP contribution in [0.2, 0.25) is 0 Å². The molecule has 0 saturated carbocycles. The molecule has 0 radical (unpaired) electrons. The van der Waals surface area contributed by atoms with Gasteiger partial charge in [0.15, 0.2) is 0 Å². The largest absolute Gasteiger partial charge is 0.377 e. The lowest BCUT2D eigenvalue weighted by molar-refractivity contribution is 0.789. The number of rotatable bonds is 1. The van der Waals surface area contributed by atoms with Crippen LogP contribution in [0.4, 0.5) is 5.69 Å². The average molecular weight is 600 g/mol. The lowest BCUT2D eigenvalue weighted by atomic mass is 9.70. The molecule has 0 unspecified atom stereocenters. The van der Waals surface area contributed by atoms with Gasteiger partial charge >= 0.3 is 0 Å². The van der Waals surface area contributed by atoms with Crippen LogP contribution in [0.25, 0.3) is 22.3 Å². The third kappa shape index (κ3) is 8.65. The van der Waals surface area contributed by atoms with E-state index in [0.29, 0.717) is 0 Å². The maximum absolute atomic E-state index is 2.33. The fourth-order valence-corrected chi connectivity index (χ4v) is 5.51. The second-order valence-corrected chi connectivity index (χ2v) is 7.98. The first-order valence-electron chi connectivity index (χ1n) is 17.8. The van der Waals surface area contributed by atoms with Crippen molar-refractivity contribution >= 4 is 5.69 Å². The van der Waals surface area contributed by atoms with Crippen molar-refractivity contribution in [1.82, 2.24) is 0 Å². The fourth-order valence-electron chi connectivity index (χ4n) is 5.51. The van der Waals surface area contributed by atoms with Gasteiger partial charge < -0.3 is 4.90 Å². The van der Waals surface area contributed by atoms with Gasteiger partial charge in [0, 0.05) is 25.3 Å². The number of benzene rings is 4. The smallest absolute Gasteiger partial charge is 0.0745 e. The van der Waals surface area contributed by atoms with Crippen LogP contribution >= 0.6 is 0 Å². The molecule has 0 N–H and O–H groups in total. The zero-order valence-electron chi connectivity index (χ0n) is 32.1. The highest BCUT2D eigenvalue weighted by Gasteiger charge is 2.52. The molecular formula is C43H69N. The van der Waals surface area contributed by atoms with Gasteiger partial charge in [-0.25, -0.2) is 0 Å². The minimum atomic E-state index is -0.250. The second-order valence-electron chi connectivity index (χ2n) is 7.98. The predicted octanol–water partition coefficient (Wildman–Crippen LogP) is 14.3. The van der Waals surface area contributed by atoms with E-state index in [-0.39, 0.29) is 5.41 Å². The first kappa shape index (κ1) is 45.1. The van der Waals surface area contributed by atoms with E-state index in [9.17, 15) is 0 Å². The molecule has 6 rings (SSSR count). The third-order valence-corrected chi connectivity index (χ3v) is 6.47. The quantitative estimate of drug-likeness (QED) is 0.182. The first-order valence-corrected chi connectivity index (χ1v) is 17.8. The Morgan fingerprint density at radius 3 is 0.932 bits per heavy atom. The minimum absolute atomic E-state index is 0.250. The van der Waals surface area contributed by atoms with Crippen molar-refractivity contribution in [3.05, 3.63) is 113 Å². The number of hydrogen-bond donors (Lipinski definition) is 0. The van der Waals surface area contributed by atoms with E-state index in [1.54, 1.807) is 0 Å². The molecule has 0 amide bonds. The topological polar surface area (TPSA) is 3.24 Å². The van der Waals surface area contributed by atoms with E-state index in [2.05, 4.69) is 110 Å². The molecule has 44 heavy (non-hydrogen) atoms. The average Bonchev–Trinajstić information content (AvgIpc) is 3.62. The number of fused-ring (bicyclic) bond motifs is 10. The fraction of sp³-hybridized carbons (Fsp3) is 0.442. The number of hydrogen-bond acceptors (Lipinski definition) is 1. The monoisotopic (exact) mass is 600 g/mol. The summed E-state index contributed by atoms with van der Waals surface area (Å²) in [5.74, 6) is 0. The maximum Gasteiger partial charge on any atom is 0.0745 e. The van der Waals surface area contributed by atoms with Crippen molar-refractivity contribution < 1.29 is 0 Å². The highest BCUT2D eigenvalue weighted by molar-refractivity contribution is 5.97. The summed E-state index contributed by atoms with van der Waals surface area (Å²) in [6.45, 7) is 32.0. The normalized spacial score (nSPS) is 10.2. The van der Waals surface area contributed by atoms with E-state index in [0.717, 1.165) is 0 Å². The lowest BCUT2D eigenvalue weighted by Gasteiger charge is -2.33. The van der Waals surface area contributed by atoms with Gasteiger partial charge in [-0.15, -0.1) is 0 Å². The Balaban J connectivity index is -0.000000924. The SMILES string of the molecule is CC.CC.CC.CC.CC.CC.CC.CC.CN(C)c1cccc2c1C1(c3ccccc3-c3ccccc31)c1ccccc1-2. The molecule has 1 heteroatoms. The number of nitrogens with zero attached hydrogens (tertiary/aromatic N) is 1. The summed E-state index contributed by atoms with van der Waals surface area (Å²) in [7, 11) is 4.30. The molecule has 0 bridgehead atoms. The van der Waals surface area contributed by atoms with Crippen LogP contribution in [0.3, 0.4) is 0 Å². The van der Waals surface area contributed by atoms with Gasteiger partial charge in [0.05, 0.1) is 5.41 Å². The Morgan fingerprint density at radius 1 is 0.341 bits per heavy atom. The van der Waals surface area contributed by atoms with Gasteiger partial charge in [0.25, 0.3) is 0 Å². The Hall–Kier alpha value is -3.32. The highest BCUT2D eigenvalue weighted by atomic mass is 15.1. The van der Waals surface area contributed by atoms with E-state index in [1.165, 1.54) is 50.2 Å². The van der Waals surface area contributed by atoms with Crippen molar-refractivity contribution in [1.29, 1.82) is 0 Å². The van der Waals surface area contributed by atoms with Gasteiger partial charge in [-0.1, -0.05) is 196 Å². The summed E-state index contributed by atoms with van der Waals surface area (Å²) >= 11 is 0. The molecule has 2 aliphatic rings. The summed E-state index contributed by atoms with van der Waals surface area (Å²) in [6.07, 6.45) is 0. The van der Waals surface area contributed by atoms with Gasteiger partial charge in [0.2, 0.25) is 0 Å². The van der Waals surface area contributed by atoms with Crippen LogP contribution in [0.5, 0.6) is 0 Å². The van der Waals surface area contributed by atoms with Crippen molar-refractivity contribution in [2.24, 2.45) is 0 Å². The molecule has 1 spiro atoms. The van der Waals surface area contributed by atoms with Crippen LogP contribution in [0.1, 0.15) is 133 Å². The second kappa shape index (κ2) is 26.1. The predicted molar refractivity (Wildman–Crippen MR) is 208 cm³/mol. The zero-order chi connectivity index (χ0) is 34.9. The number of anilines is 1. The lowest BCUT2D eigenvalue weighted by Crippen LogP contribution is -2.28.